The van der Waals surface area contributed by atoms with Crippen LogP contribution >= 0.6 is 0 Å². The summed E-state index contributed by atoms with van der Waals surface area (Å²) in [5, 5.41) is 6.41. The number of nitrogens with one attached hydrogen (secondary N) is 2. The first kappa shape index (κ1) is 19.5. The Morgan fingerprint density at radius 2 is 2.11 bits per heavy atom. The molecule has 2 fully saturated rings. The molecule has 0 saturated carbocycles. The van der Waals surface area contributed by atoms with Gasteiger partial charge in [0, 0.05) is 38.0 Å². The van der Waals surface area contributed by atoms with Crippen molar-refractivity contribution in [1.82, 2.24) is 15.5 Å². The fraction of sp³-hybridized carbons (Fsp3) is 0.619. The van der Waals surface area contributed by atoms with Gasteiger partial charge in [0.2, 0.25) is 5.91 Å². The summed E-state index contributed by atoms with van der Waals surface area (Å²) < 4.78 is 5.88. The van der Waals surface area contributed by atoms with Crippen LogP contribution in [0.4, 0.5) is 0 Å². The topological polar surface area (TPSA) is 66.0 Å². The number of ether oxygens (including phenoxy) is 1. The molecular weight excluding hydrogens is 340 g/mol. The minimum absolute atomic E-state index is 0.0706. The Morgan fingerprint density at radius 3 is 2.78 bits per heavy atom. The number of aliphatic imine (C=N–C) groups is 1. The van der Waals surface area contributed by atoms with Crippen molar-refractivity contribution in [2.45, 2.75) is 40.0 Å². The number of nitrogens with zero attached hydrogens (tertiary/aromatic N) is 2. The average Bonchev–Trinajstić information content (AvgIpc) is 2.96. The van der Waals surface area contributed by atoms with Crippen LogP contribution in [0.15, 0.2) is 23.2 Å². The van der Waals surface area contributed by atoms with Crippen molar-refractivity contribution >= 4 is 11.9 Å². The van der Waals surface area contributed by atoms with E-state index in [0.29, 0.717) is 19.6 Å². The van der Waals surface area contributed by atoms with Gasteiger partial charge in [0.25, 0.3) is 0 Å². The number of carbonyl (C=O) groups is 1. The number of amides is 1. The van der Waals surface area contributed by atoms with Crippen molar-refractivity contribution in [2.24, 2.45) is 10.4 Å². The van der Waals surface area contributed by atoms with E-state index < -0.39 is 0 Å². The summed E-state index contributed by atoms with van der Waals surface area (Å²) in [6.07, 6.45) is 2.84. The van der Waals surface area contributed by atoms with Crippen molar-refractivity contribution in [3.8, 4) is 5.75 Å². The van der Waals surface area contributed by atoms with Gasteiger partial charge in [-0.3, -0.25) is 4.79 Å². The molecule has 148 valence electrons. The minimum Gasteiger partial charge on any atom is -0.492 e. The fourth-order valence-corrected chi connectivity index (χ4v) is 4.19. The first-order chi connectivity index (χ1) is 13.0. The van der Waals surface area contributed by atoms with Gasteiger partial charge < -0.3 is 20.3 Å². The predicted octanol–water partition coefficient (Wildman–Crippen LogP) is 2.25. The van der Waals surface area contributed by atoms with E-state index in [1.54, 1.807) is 0 Å². The SMILES string of the molecule is CCNC(=NCCOc1cc(C)cc(C)c1)N1CCCC2(CNC(=O)C2)C1. The van der Waals surface area contributed by atoms with Gasteiger partial charge >= 0.3 is 0 Å². The van der Waals surface area contributed by atoms with Crippen molar-refractivity contribution in [3.63, 3.8) is 0 Å². The molecule has 1 unspecified atom stereocenters. The van der Waals surface area contributed by atoms with E-state index >= 15 is 0 Å². The number of guanidine groups is 1. The van der Waals surface area contributed by atoms with Crippen LogP contribution in [0.2, 0.25) is 0 Å². The number of likely N-dealkylation sites (tertiary alicyclic amines) is 1. The van der Waals surface area contributed by atoms with E-state index in [1.807, 2.05) is 0 Å². The quantitative estimate of drug-likeness (QED) is 0.473. The highest BCUT2D eigenvalue weighted by Crippen LogP contribution is 2.35. The fourth-order valence-electron chi connectivity index (χ4n) is 4.19. The molecule has 2 heterocycles. The van der Waals surface area contributed by atoms with Gasteiger partial charge in [0.05, 0.1) is 6.54 Å². The number of aryl methyl sites for hydroxylation is 2. The third kappa shape index (κ3) is 5.15. The van der Waals surface area contributed by atoms with Crippen LogP contribution in [0.5, 0.6) is 5.75 Å². The molecule has 0 aliphatic carbocycles. The van der Waals surface area contributed by atoms with E-state index in [2.05, 4.69) is 54.5 Å². The third-order valence-corrected chi connectivity index (χ3v) is 5.31. The van der Waals surface area contributed by atoms with E-state index in [4.69, 9.17) is 9.73 Å². The third-order valence-electron chi connectivity index (χ3n) is 5.31. The molecule has 1 amide bonds. The molecule has 0 radical (unpaired) electrons. The predicted molar refractivity (Wildman–Crippen MR) is 108 cm³/mol. The summed E-state index contributed by atoms with van der Waals surface area (Å²) >= 11 is 0. The van der Waals surface area contributed by atoms with Crippen LogP contribution in [0.1, 0.15) is 37.3 Å². The van der Waals surface area contributed by atoms with Crippen LogP contribution in [0.3, 0.4) is 0 Å². The number of rotatable bonds is 5. The van der Waals surface area contributed by atoms with Gasteiger partial charge in [-0.15, -0.1) is 0 Å². The first-order valence-corrected chi connectivity index (χ1v) is 10.0. The lowest BCUT2D eigenvalue weighted by Gasteiger charge is -2.40. The van der Waals surface area contributed by atoms with Crippen molar-refractivity contribution < 1.29 is 9.53 Å². The largest absolute Gasteiger partial charge is 0.492 e. The lowest BCUT2D eigenvalue weighted by atomic mass is 9.79. The summed E-state index contributed by atoms with van der Waals surface area (Å²) in [6, 6.07) is 6.25. The number of hydrogen-bond acceptors (Lipinski definition) is 3. The second-order valence-corrected chi connectivity index (χ2v) is 7.89. The Balaban J connectivity index is 1.58. The van der Waals surface area contributed by atoms with Gasteiger partial charge in [-0.2, -0.15) is 0 Å². The molecule has 2 N–H and O–H groups in total. The maximum atomic E-state index is 11.7. The molecule has 0 bridgehead atoms. The highest BCUT2D eigenvalue weighted by atomic mass is 16.5. The van der Waals surface area contributed by atoms with Crippen LogP contribution in [-0.4, -0.2) is 56.1 Å². The Bertz CT molecular complexity index is 683. The van der Waals surface area contributed by atoms with Gasteiger partial charge in [-0.1, -0.05) is 6.07 Å². The molecule has 2 aliphatic heterocycles. The second-order valence-electron chi connectivity index (χ2n) is 7.89. The highest BCUT2D eigenvalue weighted by Gasteiger charge is 2.42. The second kappa shape index (κ2) is 8.63. The van der Waals surface area contributed by atoms with Crippen molar-refractivity contribution in [1.29, 1.82) is 0 Å². The number of piperidine rings is 1. The minimum atomic E-state index is 0.0706. The number of benzene rings is 1. The normalized spacial score (nSPS) is 22.9. The molecule has 6 heteroatoms. The van der Waals surface area contributed by atoms with Crippen molar-refractivity contribution in [3.05, 3.63) is 29.3 Å². The smallest absolute Gasteiger partial charge is 0.220 e. The number of carbonyl (C=O) groups excluding carboxylic acids is 1. The molecule has 1 atom stereocenters. The Kier molecular flexibility index (Phi) is 6.24. The highest BCUT2D eigenvalue weighted by molar-refractivity contribution is 5.81. The van der Waals surface area contributed by atoms with E-state index in [9.17, 15) is 4.79 Å². The molecule has 2 aliphatic rings. The van der Waals surface area contributed by atoms with Gasteiger partial charge in [-0.25, -0.2) is 4.99 Å². The van der Waals surface area contributed by atoms with Crippen LogP contribution in [0, 0.1) is 19.3 Å². The molecule has 6 nitrogen and oxygen atoms in total. The molecule has 27 heavy (non-hydrogen) atoms. The summed E-state index contributed by atoms with van der Waals surface area (Å²) in [4.78, 5) is 18.8. The van der Waals surface area contributed by atoms with Gasteiger partial charge in [0.15, 0.2) is 5.96 Å². The molecule has 0 aromatic heterocycles. The molecule has 2 saturated heterocycles. The molecular formula is C21H32N4O2. The zero-order chi connectivity index (χ0) is 19.3. The zero-order valence-electron chi connectivity index (χ0n) is 16.8. The van der Waals surface area contributed by atoms with E-state index in [-0.39, 0.29) is 11.3 Å². The molecule has 1 spiro atoms. The van der Waals surface area contributed by atoms with Crippen LogP contribution in [-0.2, 0) is 4.79 Å². The zero-order valence-corrected chi connectivity index (χ0v) is 16.8. The van der Waals surface area contributed by atoms with Gasteiger partial charge in [-0.05, 0) is 56.9 Å². The lowest BCUT2D eigenvalue weighted by molar-refractivity contribution is -0.119. The summed E-state index contributed by atoms with van der Waals surface area (Å²) in [7, 11) is 0. The maximum absolute atomic E-state index is 11.7. The average molecular weight is 373 g/mol. The van der Waals surface area contributed by atoms with E-state index in [1.165, 1.54) is 11.1 Å². The Labute approximate surface area is 162 Å². The molecule has 3 rings (SSSR count). The van der Waals surface area contributed by atoms with Crippen LogP contribution in [0.25, 0.3) is 0 Å². The van der Waals surface area contributed by atoms with Crippen molar-refractivity contribution in [2.75, 3.05) is 39.3 Å². The Hall–Kier alpha value is -2.24. The molecule has 1 aromatic rings. The lowest BCUT2D eigenvalue weighted by Crippen LogP contribution is -2.51. The van der Waals surface area contributed by atoms with Crippen LogP contribution < -0.4 is 15.4 Å². The maximum Gasteiger partial charge on any atom is 0.220 e. The summed E-state index contributed by atoms with van der Waals surface area (Å²) in [5.41, 5.74) is 2.49. The Morgan fingerprint density at radius 1 is 1.33 bits per heavy atom. The molecule has 1 aromatic carbocycles. The van der Waals surface area contributed by atoms with Gasteiger partial charge in [0.1, 0.15) is 12.4 Å². The summed E-state index contributed by atoms with van der Waals surface area (Å²) in [5.74, 6) is 2.01. The standard InChI is InChI=1S/C21H32N4O2/c1-4-22-20(23-7-9-27-18-11-16(2)10-17(3)12-18)25-8-5-6-21(15-25)13-19(26)24-14-21/h10-12H,4-9,13-15H2,1-3H3,(H,22,23)(H,24,26). The number of hydrogen-bond donors (Lipinski definition) is 2. The van der Waals surface area contributed by atoms with E-state index in [0.717, 1.165) is 50.7 Å². The monoisotopic (exact) mass is 372 g/mol. The first-order valence-electron chi connectivity index (χ1n) is 10.0. The summed E-state index contributed by atoms with van der Waals surface area (Å²) in [6.45, 7) is 10.9.